The molecule has 0 N–H and O–H groups in total. The van der Waals surface area contributed by atoms with Crippen LogP contribution in [0.2, 0.25) is 0 Å². The van der Waals surface area contributed by atoms with E-state index < -0.39 is 0 Å². The zero-order chi connectivity index (χ0) is 16.8. The normalized spacial score (nSPS) is 20.2. The first-order valence-electron chi connectivity index (χ1n) is 8.69. The van der Waals surface area contributed by atoms with Crippen LogP contribution in [0.5, 0.6) is 0 Å². The summed E-state index contributed by atoms with van der Waals surface area (Å²) >= 11 is 0. The van der Waals surface area contributed by atoms with Crippen LogP contribution in [-0.2, 0) is 11.4 Å². The van der Waals surface area contributed by atoms with Crippen LogP contribution in [-0.4, -0.2) is 31.0 Å². The molecule has 0 aromatic heterocycles. The fraction of sp³-hybridized carbons (Fsp3) is 0.429. The summed E-state index contributed by atoms with van der Waals surface area (Å²) in [5.41, 5.74) is 4.28. The van der Waals surface area contributed by atoms with Crippen LogP contribution in [0, 0.1) is 5.41 Å². The SMILES string of the molecule is CON=C=C1C=CC=C(C2(C)CCN(Cc3ccccc3)CC2)C1. The quantitative estimate of drug-likeness (QED) is 0.609. The summed E-state index contributed by atoms with van der Waals surface area (Å²) in [5.74, 6) is 2.98. The van der Waals surface area contributed by atoms with E-state index in [9.17, 15) is 0 Å². The minimum atomic E-state index is 0.276. The molecule has 1 aliphatic heterocycles. The molecule has 1 fully saturated rings. The molecule has 24 heavy (non-hydrogen) atoms. The molecular formula is C21H26N2O. The van der Waals surface area contributed by atoms with Gasteiger partial charge >= 0.3 is 0 Å². The highest BCUT2D eigenvalue weighted by atomic mass is 16.6. The summed E-state index contributed by atoms with van der Waals surface area (Å²) in [5, 5.41) is 3.78. The Kier molecular flexibility index (Phi) is 5.34. The van der Waals surface area contributed by atoms with E-state index in [-0.39, 0.29) is 5.41 Å². The van der Waals surface area contributed by atoms with E-state index >= 15 is 0 Å². The molecule has 3 nitrogen and oxygen atoms in total. The van der Waals surface area contributed by atoms with Crippen molar-refractivity contribution in [2.75, 3.05) is 20.2 Å². The Morgan fingerprint density at radius 1 is 1.21 bits per heavy atom. The molecule has 126 valence electrons. The summed E-state index contributed by atoms with van der Waals surface area (Å²) in [7, 11) is 1.56. The van der Waals surface area contributed by atoms with Crippen LogP contribution < -0.4 is 0 Å². The molecular weight excluding hydrogens is 296 g/mol. The van der Waals surface area contributed by atoms with Gasteiger partial charge in [-0.2, -0.15) is 0 Å². The van der Waals surface area contributed by atoms with E-state index in [4.69, 9.17) is 4.84 Å². The third-order valence-corrected chi connectivity index (χ3v) is 5.24. The highest BCUT2D eigenvalue weighted by Crippen LogP contribution is 2.42. The number of nitrogens with zero attached hydrogens (tertiary/aromatic N) is 2. The first kappa shape index (κ1) is 16.8. The number of benzene rings is 1. The molecule has 1 aliphatic carbocycles. The molecule has 1 aromatic carbocycles. The summed E-state index contributed by atoms with van der Waals surface area (Å²) in [6.45, 7) is 5.76. The van der Waals surface area contributed by atoms with E-state index in [0.717, 1.165) is 31.6 Å². The molecule has 1 saturated heterocycles. The van der Waals surface area contributed by atoms with Gasteiger partial charge in [-0.05, 0) is 48.1 Å². The number of rotatable bonds is 4. The van der Waals surface area contributed by atoms with Crippen LogP contribution in [0.25, 0.3) is 0 Å². The predicted octanol–water partition coefficient (Wildman–Crippen LogP) is 4.33. The van der Waals surface area contributed by atoms with Gasteiger partial charge in [-0.1, -0.05) is 55.0 Å². The molecule has 3 rings (SSSR count). The average molecular weight is 322 g/mol. The standard InChI is InChI=1S/C21H26N2O/c1-21(20-10-6-9-19(15-20)16-22-24-2)11-13-23(14-12-21)17-18-7-4-3-5-8-18/h3-10H,11-15,17H2,1-2H3. The van der Waals surface area contributed by atoms with Crippen LogP contribution in [0.1, 0.15) is 31.7 Å². The lowest BCUT2D eigenvalue weighted by Crippen LogP contribution is -2.39. The van der Waals surface area contributed by atoms with Crippen LogP contribution in [0.3, 0.4) is 0 Å². The molecule has 1 heterocycles. The second-order valence-electron chi connectivity index (χ2n) is 6.96. The smallest absolute Gasteiger partial charge is 0.107 e. The largest absolute Gasteiger partial charge is 0.392 e. The van der Waals surface area contributed by atoms with Gasteiger partial charge in [0.05, 0.1) is 0 Å². The van der Waals surface area contributed by atoms with Crippen molar-refractivity contribution in [3.63, 3.8) is 0 Å². The predicted molar refractivity (Wildman–Crippen MR) is 98.9 cm³/mol. The van der Waals surface area contributed by atoms with Crippen LogP contribution >= 0.6 is 0 Å². The van der Waals surface area contributed by atoms with Crippen molar-refractivity contribution in [1.29, 1.82) is 0 Å². The Hall–Kier alpha value is -2.09. The number of hydrogen-bond acceptors (Lipinski definition) is 3. The Balaban J connectivity index is 1.61. The highest BCUT2D eigenvalue weighted by Gasteiger charge is 2.33. The van der Waals surface area contributed by atoms with E-state index in [2.05, 4.69) is 71.4 Å². The lowest BCUT2D eigenvalue weighted by molar-refractivity contribution is 0.136. The second kappa shape index (κ2) is 7.65. The first-order chi connectivity index (χ1) is 11.7. The lowest BCUT2D eigenvalue weighted by Gasteiger charge is -2.41. The van der Waals surface area contributed by atoms with Gasteiger partial charge in [0.2, 0.25) is 0 Å². The maximum absolute atomic E-state index is 4.75. The highest BCUT2D eigenvalue weighted by molar-refractivity contribution is 5.64. The van der Waals surface area contributed by atoms with Crippen LogP contribution in [0.15, 0.2) is 64.9 Å². The summed E-state index contributed by atoms with van der Waals surface area (Å²) in [6, 6.07) is 10.8. The van der Waals surface area contributed by atoms with E-state index in [1.165, 1.54) is 24.0 Å². The third-order valence-electron chi connectivity index (χ3n) is 5.24. The minimum absolute atomic E-state index is 0.276. The van der Waals surface area contributed by atoms with Crippen molar-refractivity contribution in [3.8, 4) is 0 Å². The summed E-state index contributed by atoms with van der Waals surface area (Å²) in [6.07, 6.45) is 9.81. The molecule has 2 aliphatic rings. The first-order valence-corrected chi connectivity index (χ1v) is 8.69. The van der Waals surface area contributed by atoms with Crippen molar-refractivity contribution in [1.82, 2.24) is 4.90 Å². The van der Waals surface area contributed by atoms with Gasteiger partial charge in [-0.3, -0.25) is 4.90 Å². The van der Waals surface area contributed by atoms with Gasteiger partial charge in [0, 0.05) is 24.4 Å². The van der Waals surface area contributed by atoms with E-state index in [0.29, 0.717) is 0 Å². The Labute approximate surface area is 145 Å². The maximum Gasteiger partial charge on any atom is 0.107 e. The van der Waals surface area contributed by atoms with Crippen LogP contribution in [0.4, 0.5) is 0 Å². The molecule has 3 heteroatoms. The van der Waals surface area contributed by atoms with Crippen molar-refractivity contribution >= 4 is 5.87 Å². The second-order valence-corrected chi connectivity index (χ2v) is 6.96. The molecule has 0 saturated carbocycles. The molecule has 1 aromatic rings. The number of likely N-dealkylation sites (tertiary alicyclic amines) is 1. The number of hydrogen-bond donors (Lipinski definition) is 0. The Morgan fingerprint density at radius 2 is 1.96 bits per heavy atom. The summed E-state index contributed by atoms with van der Waals surface area (Å²) in [4.78, 5) is 7.32. The zero-order valence-corrected chi connectivity index (χ0v) is 14.7. The van der Waals surface area contributed by atoms with Gasteiger partial charge in [0.15, 0.2) is 0 Å². The van der Waals surface area contributed by atoms with Crippen molar-refractivity contribution in [3.05, 3.63) is 65.3 Å². The van der Waals surface area contributed by atoms with Gasteiger partial charge in [-0.15, -0.1) is 0 Å². The topological polar surface area (TPSA) is 24.8 Å². The fourth-order valence-electron chi connectivity index (χ4n) is 3.57. The number of piperidine rings is 1. The van der Waals surface area contributed by atoms with Gasteiger partial charge in [-0.25, -0.2) is 0 Å². The molecule has 0 unspecified atom stereocenters. The Bertz CT molecular complexity index is 673. The fourth-order valence-corrected chi connectivity index (χ4v) is 3.57. The summed E-state index contributed by atoms with van der Waals surface area (Å²) < 4.78 is 0. The molecule has 0 bridgehead atoms. The molecule has 0 atom stereocenters. The molecule has 0 spiro atoms. The lowest BCUT2D eigenvalue weighted by atomic mass is 9.71. The molecule has 0 radical (unpaired) electrons. The zero-order valence-electron chi connectivity index (χ0n) is 14.7. The van der Waals surface area contributed by atoms with Gasteiger partial charge in [0.25, 0.3) is 0 Å². The van der Waals surface area contributed by atoms with Crippen molar-refractivity contribution in [2.45, 2.75) is 32.7 Å². The number of allylic oxidation sites excluding steroid dienone is 5. The van der Waals surface area contributed by atoms with Crippen molar-refractivity contribution < 1.29 is 4.84 Å². The molecule has 0 amide bonds. The third kappa shape index (κ3) is 4.05. The maximum atomic E-state index is 4.75. The monoisotopic (exact) mass is 322 g/mol. The van der Waals surface area contributed by atoms with E-state index in [1.54, 1.807) is 7.11 Å². The average Bonchev–Trinajstić information content (AvgIpc) is 2.63. The Morgan fingerprint density at radius 3 is 2.67 bits per heavy atom. The van der Waals surface area contributed by atoms with Gasteiger partial charge < -0.3 is 4.84 Å². The van der Waals surface area contributed by atoms with Gasteiger partial charge in [0.1, 0.15) is 7.11 Å². The minimum Gasteiger partial charge on any atom is -0.392 e. The van der Waals surface area contributed by atoms with Crippen molar-refractivity contribution in [2.24, 2.45) is 10.6 Å². The van der Waals surface area contributed by atoms with E-state index in [1.807, 2.05) is 0 Å².